The SMILES string of the molecule is Cc1ccccc1Cn1ncc(OC2CCCC2)c1C(=O)O. The smallest absolute Gasteiger partial charge is 0.358 e. The molecule has 0 aliphatic heterocycles. The van der Waals surface area contributed by atoms with Crippen molar-refractivity contribution in [3.05, 3.63) is 47.3 Å². The van der Waals surface area contributed by atoms with Gasteiger partial charge in [-0.1, -0.05) is 24.3 Å². The second-order valence-electron chi connectivity index (χ2n) is 5.77. The number of carboxylic acids is 1. The molecule has 1 aromatic heterocycles. The van der Waals surface area contributed by atoms with Crippen molar-refractivity contribution in [2.75, 3.05) is 0 Å². The lowest BCUT2D eigenvalue weighted by Crippen LogP contribution is -2.16. The van der Waals surface area contributed by atoms with Crippen LogP contribution in [0, 0.1) is 6.92 Å². The molecule has 2 aromatic rings. The number of hydrogen-bond donors (Lipinski definition) is 1. The number of hydrogen-bond acceptors (Lipinski definition) is 3. The summed E-state index contributed by atoms with van der Waals surface area (Å²) in [5.74, 6) is -0.618. The fourth-order valence-corrected chi connectivity index (χ4v) is 2.92. The highest BCUT2D eigenvalue weighted by atomic mass is 16.5. The minimum atomic E-state index is -1.00. The predicted octanol–water partition coefficient (Wildman–Crippen LogP) is 3.26. The third-order valence-corrected chi connectivity index (χ3v) is 4.19. The first kappa shape index (κ1) is 14.6. The van der Waals surface area contributed by atoms with Crippen molar-refractivity contribution in [2.24, 2.45) is 0 Å². The minimum Gasteiger partial charge on any atom is -0.486 e. The van der Waals surface area contributed by atoms with E-state index in [2.05, 4.69) is 5.10 Å². The molecule has 0 spiro atoms. The van der Waals surface area contributed by atoms with E-state index in [-0.39, 0.29) is 11.8 Å². The highest BCUT2D eigenvalue weighted by Crippen LogP contribution is 2.27. The monoisotopic (exact) mass is 300 g/mol. The van der Waals surface area contributed by atoms with Gasteiger partial charge in [-0.2, -0.15) is 5.10 Å². The molecule has 22 heavy (non-hydrogen) atoms. The minimum absolute atomic E-state index is 0.120. The van der Waals surface area contributed by atoms with E-state index in [1.807, 2.05) is 31.2 Å². The number of benzene rings is 1. The van der Waals surface area contributed by atoms with E-state index in [9.17, 15) is 9.90 Å². The summed E-state index contributed by atoms with van der Waals surface area (Å²) in [6, 6.07) is 7.91. The fraction of sp³-hybridized carbons (Fsp3) is 0.412. The van der Waals surface area contributed by atoms with E-state index < -0.39 is 5.97 Å². The number of rotatable bonds is 5. The van der Waals surface area contributed by atoms with Gasteiger partial charge in [0.15, 0.2) is 11.4 Å². The third kappa shape index (κ3) is 2.98. The van der Waals surface area contributed by atoms with Gasteiger partial charge in [0, 0.05) is 0 Å². The van der Waals surface area contributed by atoms with Crippen LogP contribution in [0.25, 0.3) is 0 Å². The molecule has 116 valence electrons. The van der Waals surface area contributed by atoms with Crippen LogP contribution >= 0.6 is 0 Å². The van der Waals surface area contributed by atoms with Gasteiger partial charge < -0.3 is 9.84 Å². The zero-order valence-corrected chi connectivity index (χ0v) is 12.7. The quantitative estimate of drug-likeness (QED) is 0.920. The van der Waals surface area contributed by atoms with Crippen LogP contribution in [0.15, 0.2) is 30.5 Å². The number of carbonyl (C=O) groups is 1. The van der Waals surface area contributed by atoms with Crippen molar-refractivity contribution >= 4 is 5.97 Å². The van der Waals surface area contributed by atoms with Crippen molar-refractivity contribution in [3.8, 4) is 5.75 Å². The maximum absolute atomic E-state index is 11.6. The molecule has 3 rings (SSSR count). The normalized spacial score (nSPS) is 15.1. The number of aromatic carboxylic acids is 1. The number of aromatic nitrogens is 2. The van der Waals surface area contributed by atoms with Gasteiger partial charge >= 0.3 is 5.97 Å². The van der Waals surface area contributed by atoms with Crippen LogP contribution in [0.1, 0.15) is 47.3 Å². The highest BCUT2D eigenvalue weighted by molar-refractivity contribution is 5.88. The van der Waals surface area contributed by atoms with Crippen LogP contribution in [-0.2, 0) is 6.54 Å². The van der Waals surface area contributed by atoms with Crippen molar-refractivity contribution in [1.82, 2.24) is 9.78 Å². The van der Waals surface area contributed by atoms with E-state index in [4.69, 9.17) is 4.74 Å². The Bertz CT molecular complexity index is 672. The van der Waals surface area contributed by atoms with Crippen molar-refractivity contribution < 1.29 is 14.6 Å². The Balaban J connectivity index is 1.86. The molecule has 1 fully saturated rings. The number of carboxylic acid groups (broad SMARTS) is 1. The molecule has 5 nitrogen and oxygen atoms in total. The zero-order chi connectivity index (χ0) is 15.5. The molecule has 0 atom stereocenters. The van der Waals surface area contributed by atoms with Crippen LogP contribution in [0.4, 0.5) is 0 Å². The molecular formula is C17H20N2O3. The summed E-state index contributed by atoms with van der Waals surface area (Å²) in [4.78, 5) is 11.6. The average molecular weight is 300 g/mol. The summed E-state index contributed by atoms with van der Waals surface area (Å²) < 4.78 is 7.36. The van der Waals surface area contributed by atoms with Crippen LogP contribution in [0.5, 0.6) is 5.75 Å². The number of nitrogens with zero attached hydrogens (tertiary/aromatic N) is 2. The number of aryl methyl sites for hydroxylation is 1. The van der Waals surface area contributed by atoms with Crippen LogP contribution < -0.4 is 4.74 Å². The standard InChI is InChI=1S/C17H20N2O3/c1-12-6-2-3-7-13(12)11-19-16(17(20)21)15(10-18-19)22-14-8-4-5-9-14/h2-3,6-7,10,14H,4-5,8-9,11H2,1H3,(H,20,21). The first-order valence-corrected chi connectivity index (χ1v) is 7.65. The third-order valence-electron chi connectivity index (χ3n) is 4.19. The van der Waals surface area contributed by atoms with Gasteiger partial charge in [-0.3, -0.25) is 4.68 Å². The van der Waals surface area contributed by atoms with Gasteiger partial charge in [0.05, 0.1) is 18.8 Å². The Morgan fingerprint density at radius 1 is 1.36 bits per heavy atom. The second kappa shape index (κ2) is 6.22. The summed E-state index contributed by atoms with van der Waals surface area (Å²) in [7, 11) is 0. The molecule has 1 aliphatic carbocycles. The summed E-state index contributed by atoms with van der Waals surface area (Å²) in [6.45, 7) is 2.44. The van der Waals surface area contributed by atoms with Crippen LogP contribution in [0.3, 0.4) is 0 Å². The largest absolute Gasteiger partial charge is 0.486 e. The summed E-state index contributed by atoms with van der Waals surface area (Å²) in [5, 5.41) is 13.7. The first-order valence-electron chi connectivity index (χ1n) is 7.65. The van der Waals surface area contributed by atoms with Gasteiger partial charge in [0.25, 0.3) is 0 Å². The lowest BCUT2D eigenvalue weighted by atomic mass is 10.1. The van der Waals surface area contributed by atoms with Crippen molar-refractivity contribution in [3.63, 3.8) is 0 Å². The molecule has 1 saturated carbocycles. The summed E-state index contributed by atoms with van der Waals surface area (Å²) >= 11 is 0. The van der Waals surface area contributed by atoms with Crippen molar-refractivity contribution in [1.29, 1.82) is 0 Å². The van der Waals surface area contributed by atoms with Crippen LogP contribution in [0.2, 0.25) is 0 Å². The first-order chi connectivity index (χ1) is 10.6. The highest BCUT2D eigenvalue weighted by Gasteiger charge is 2.24. The van der Waals surface area contributed by atoms with E-state index in [1.54, 1.807) is 0 Å². The van der Waals surface area contributed by atoms with E-state index in [0.29, 0.717) is 12.3 Å². The van der Waals surface area contributed by atoms with Gasteiger partial charge in [0.2, 0.25) is 0 Å². The molecular weight excluding hydrogens is 280 g/mol. The Hall–Kier alpha value is -2.30. The van der Waals surface area contributed by atoms with Gasteiger partial charge in [-0.25, -0.2) is 4.79 Å². The molecule has 1 N–H and O–H groups in total. The molecule has 1 aliphatic rings. The lowest BCUT2D eigenvalue weighted by Gasteiger charge is -2.13. The molecule has 0 amide bonds. The van der Waals surface area contributed by atoms with Gasteiger partial charge in [-0.05, 0) is 43.7 Å². The van der Waals surface area contributed by atoms with Gasteiger partial charge in [0.1, 0.15) is 0 Å². The Morgan fingerprint density at radius 3 is 2.77 bits per heavy atom. The lowest BCUT2D eigenvalue weighted by molar-refractivity contribution is 0.0676. The zero-order valence-electron chi connectivity index (χ0n) is 12.7. The topological polar surface area (TPSA) is 64.4 Å². The predicted molar refractivity (Wildman–Crippen MR) is 82.4 cm³/mol. The van der Waals surface area contributed by atoms with Gasteiger partial charge in [-0.15, -0.1) is 0 Å². The molecule has 0 bridgehead atoms. The van der Waals surface area contributed by atoms with Crippen molar-refractivity contribution in [2.45, 2.75) is 45.3 Å². The Morgan fingerprint density at radius 2 is 2.09 bits per heavy atom. The molecule has 0 saturated heterocycles. The fourth-order valence-electron chi connectivity index (χ4n) is 2.92. The summed E-state index contributed by atoms with van der Waals surface area (Å²) in [5.41, 5.74) is 2.31. The molecule has 1 aromatic carbocycles. The van der Waals surface area contributed by atoms with Crippen LogP contribution in [-0.4, -0.2) is 27.0 Å². The second-order valence-corrected chi connectivity index (χ2v) is 5.77. The Labute approximate surface area is 129 Å². The van der Waals surface area contributed by atoms with E-state index in [1.165, 1.54) is 10.9 Å². The maximum atomic E-state index is 11.6. The van der Waals surface area contributed by atoms with E-state index >= 15 is 0 Å². The average Bonchev–Trinajstić information content (AvgIpc) is 3.12. The maximum Gasteiger partial charge on any atom is 0.358 e. The Kier molecular flexibility index (Phi) is 4.13. The molecule has 1 heterocycles. The molecule has 0 radical (unpaired) electrons. The summed E-state index contributed by atoms with van der Waals surface area (Å²) in [6.07, 6.45) is 5.91. The van der Waals surface area contributed by atoms with E-state index in [0.717, 1.165) is 36.8 Å². The molecule has 0 unspecified atom stereocenters. The molecule has 5 heteroatoms. The number of ether oxygens (including phenoxy) is 1.